The van der Waals surface area contributed by atoms with Crippen LogP contribution in [0.2, 0.25) is 0 Å². The first-order valence-corrected chi connectivity index (χ1v) is 8.18. The van der Waals surface area contributed by atoms with Crippen LogP contribution in [0.3, 0.4) is 0 Å². The van der Waals surface area contributed by atoms with Crippen LogP contribution < -0.4 is 5.73 Å². The summed E-state index contributed by atoms with van der Waals surface area (Å²) < 4.78 is 0. The van der Waals surface area contributed by atoms with Gasteiger partial charge >= 0.3 is 0 Å². The maximum atomic E-state index is 6.10. The predicted octanol–water partition coefficient (Wildman–Crippen LogP) is 3.26. The lowest BCUT2D eigenvalue weighted by atomic mass is 9.79. The lowest BCUT2D eigenvalue weighted by Gasteiger charge is -2.37. The maximum absolute atomic E-state index is 6.10. The van der Waals surface area contributed by atoms with Gasteiger partial charge in [-0.1, -0.05) is 33.1 Å². The van der Waals surface area contributed by atoms with Gasteiger partial charge in [-0.15, -0.1) is 0 Å². The number of rotatable bonds is 5. The van der Waals surface area contributed by atoms with Crippen molar-refractivity contribution in [3.05, 3.63) is 0 Å². The molecule has 18 heavy (non-hydrogen) atoms. The summed E-state index contributed by atoms with van der Waals surface area (Å²) in [6, 6.07) is 0.680. The van der Waals surface area contributed by atoms with Gasteiger partial charge in [0.2, 0.25) is 0 Å². The van der Waals surface area contributed by atoms with Crippen LogP contribution in [-0.2, 0) is 0 Å². The van der Waals surface area contributed by atoms with E-state index in [2.05, 4.69) is 18.7 Å². The molecule has 0 amide bonds. The summed E-state index contributed by atoms with van der Waals surface area (Å²) in [7, 11) is 0. The van der Waals surface area contributed by atoms with Gasteiger partial charge in [0.15, 0.2) is 0 Å². The van der Waals surface area contributed by atoms with E-state index in [9.17, 15) is 0 Å². The summed E-state index contributed by atoms with van der Waals surface area (Å²) in [5.74, 6) is 2.78. The molecular weight excluding hydrogens is 220 g/mol. The molecule has 1 aliphatic carbocycles. The molecule has 0 aromatic heterocycles. The van der Waals surface area contributed by atoms with Crippen LogP contribution >= 0.6 is 0 Å². The second-order valence-corrected chi connectivity index (χ2v) is 6.76. The molecular formula is C16H32N2. The Balaban J connectivity index is 1.85. The first-order chi connectivity index (χ1) is 8.74. The molecule has 0 aromatic carbocycles. The third-order valence-electron chi connectivity index (χ3n) is 5.33. The smallest absolute Gasteiger partial charge is 0.0246 e. The number of nitrogens with two attached hydrogens (primary N) is 1. The van der Waals surface area contributed by atoms with Crippen molar-refractivity contribution in [2.24, 2.45) is 23.5 Å². The molecule has 1 aliphatic heterocycles. The van der Waals surface area contributed by atoms with Crippen molar-refractivity contribution in [1.29, 1.82) is 0 Å². The van der Waals surface area contributed by atoms with Crippen LogP contribution in [0.1, 0.15) is 58.8 Å². The van der Waals surface area contributed by atoms with Crippen molar-refractivity contribution >= 4 is 0 Å². The van der Waals surface area contributed by atoms with Crippen LogP contribution in [0.4, 0.5) is 0 Å². The fourth-order valence-corrected chi connectivity index (χ4v) is 4.12. The van der Waals surface area contributed by atoms with E-state index in [1.165, 1.54) is 58.0 Å². The third-order valence-corrected chi connectivity index (χ3v) is 5.33. The molecule has 2 unspecified atom stereocenters. The summed E-state index contributed by atoms with van der Waals surface area (Å²) in [6.45, 7) is 8.21. The second-order valence-electron chi connectivity index (χ2n) is 6.76. The summed E-state index contributed by atoms with van der Waals surface area (Å²) in [5, 5.41) is 0. The highest BCUT2D eigenvalue weighted by Crippen LogP contribution is 2.34. The van der Waals surface area contributed by atoms with Gasteiger partial charge in [0.1, 0.15) is 0 Å². The van der Waals surface area contributed by atoms with Gasteiger partial charge in [0.25, 0.3) is 0 Å². The van der Waals surface area contributed by atoms with Crippen molar-refractivity contribution in [2.75, 3.05) is 19.6 Å². The van der Waals surface area contributed by atoms with Gasteiger partial charge in [0, 0.05) is 19.1 Å². The van der Waals surface area contributed by atoms with E-state index in [-0.39, 0.29) is 0 Å². The van der Waals surface area contributed by atoms with E-state index >= 15 is 0 Å². The number of hydrogen-bond acceptors (Lipinski definition) is 2. The van der Waals surface area contributed by atoms with Gasteiger partial charge < -0.3 is 5.73 Å². The first kappa shape index (κ1) is 14.3. The molecule has 0 aromatic rings. The Morgan fingerprint density at radius 3 is 2.50 bits per heavy atom. The average molecular weight is 252 g/mol. The Kier molecular flexibility index (Phi) is 5.50. The molecule has 2 rings (SSSR count). The Bertz CT molecular complexity index is 233. The van der Waals surface area contributed by atoms with Crippen LogP contribution in [-0.4, -0.2) is 30.6 Å². The molecule has 0 bridgehead atoms. The molecule has 106 valence electrons. The SMILES string of the molecule is CCCC1CCN(C(CN)C2CCC(C)CC2)C1. The molecule has 2 N–H and O–H groups in total. The number of hydrogen-bond donors (Lipinski definition) is 1. The predicted molar refractivity (Wildman–Crippen MR) is 78.6 cm³/mol. The Hall–Kier alpha value is -0.0800. The van der Waals surface area contributed by atoms with Gasteiger partial charge in [0.05, 0.1) is 0 Å². The molecule has 2 fully saturated rings. The fraction of sp³-hybridized carbons (Fsp3) is 1.00. The second kappa shape index (κ2) is 6.91. The van der Waals surface area contributed by atoms with E-state index in [4.69, 9.17) is 5.73 Å². The van der Waals surface area contributed by atoms with Gasteiger partial charge in [-0.05, 0) is 50.0 Å². The largest absolute Gasteiger partial charge is 0.329 e. The molecule has 1 heterocycles. The van der Waals surface area contributed by atoms with E-state index in [1.807, 2.05) is 0 Å². The fourth-order valence-electron chi connectivity index (χ4n) is 4.12. The highest BCUT2D eigenvalue weighted by atomic mass is 15.2. The topological polar surface area (TPSA) is 29.3 Å². The molecule has 0 spiro atoms. The summed E-state index contributed by atoms with van der Waals surface area (Å²) in [4.78, 5) is 2.72. The van der Waals surface area contributed by atoms with Crippen LogP contribution in [0.25, 0.3) is 0 Å². The van der Waals surface area contributed by atoms with Crippen molar-refractivity contribution in [1.82, 2.24) is 4.90 Å². The van der Waals surface area contributed by atoms with Crippen molar-refractivity contribution in [2.45, 2.75) is 64.8 Å². The zero-order chi connectivity index (χ0) is 13.0. The Labute approximate surface area is 113 Å². The van der Waals surface area contributed by atoms with E-state index < -0.39 is 0 Å². The van der Waals surface area contributed by atoms with Crippen molar-refractivity contribution in [3.63, 3.8) is 0 Å². The highest BCUT2D eigenvalue weighted by Gasteiger charge is 2.33. The van der Waals surface area contributed by atoms with E-state index in [0.717, 1.165) is 24.3 Å². The lowest BCUT2D eigenvalue weighted by molar-refractivity contribution is 0.130. The van der Waals surface area contributed by atoms with Crippen molar-refractivity contribution < 1.29 is 0 Å². The molecule has 2 nitrogen and oxygen atoms in total. The summed E-state index contributed by atoms with van der Waals surface area (Å²) >= 11 is 0. The minimum absolute atomic E-state index is 0.680. The third kappa shape index (κ3) is 3.48. The molecule has 1 saturated carbocycles. The van der Waals surface area contributed by atoms with Crippen LogP contribution in [0.15, 0.2) is 0 Å². The minimum Gasteiger partial charge on any atom is -0.329 e. The normalized spacial score (nSPS) is 35.8. The number of nitrogens with zero attached hydrogens (tertiary/aromatic N) is 1. The first-order valence-electron chi connectivity index (χ1n) is 8.18. The quantitative estimate of drug-likeness (QED) is 0.814. The summed E-state index contributed by atoms with van der Waals surface area (Å²) in [5.41, 5.74) is 6.10. The monoisotopic (exact) mass is 252 g/mol. The van der Waals surface area contributed by atoms with Gasteiger partial charge in [-0.3, -0.25) is 4.90 Å². The standard InChI is InChI=1S/C16H32N2/c1-3-4-14-9-10-18(12-14)16(11-17)15-7-5-13(2)6-8-15/h13-16H,3-12,17H2,1-2H3. The van der Waals surface area contributed by atoms with Crippen LogP contribution in [0.5, 0.6) is 0 Å². The molecule has 2 atom stereocenters. The minimum atomic E-state index is 0.680. The van der Waals surface area contributed by atoms with Gasteiger partial charge in [-0.25, -0.2) is 0 Å². The average Bonchev–Trinajstić information content (AvgIpc) is 2.82. The van der Waals surface area contributed by atoms with E-state index in [0.29, 0.717) is 6.04 Å². The highest BCUT2D eigenvalue weighted by molar-refractivity contribution is 4.88. The zero-order valence-electron chi connectivity index (χ0n) is 12.4. The Morgan fingerprint density at radius 2 is 1.89 bits per heavy atom. The zero-order valence-corrected chi connectivity index (χ0v) is 12.4. The van der Waals surface area contributed by atoms with Crippen LogP contribution in [0, 0.1) is 17.8 Å². The van der Waals surface area contributed by atoms with Gasteiger partial charge in [-0.2, -0.15) is 0 Å². The summed E-state index contributed by atoms with van der Waals surface area (Å²) in [6.07, 6.45) is 9.84. The van der Waals surface area contributed by atoms with E-state index in [1.54, 1.807) is 0 Å². The molecule has 0 radical (unpaired) electrons. The molecule has 2 heteroatoms. The van der Waals surface area contributed by atoms with Crippen molar-refractivity contribution in [3.8, 4) is 0 Å². The molecule has 2 aliphatic rings. The Morgan fingerprint density at radius 1 is 1.17 bits per heavy atom. The lowest BCUT2D eigenvalue weighted by Crippen LogP contribution is -2.45. The maximum Gasteiger partial charge on any atom is 0.0246 e. The molecule has 1 saturated heterocycles. The number of likely N-dealkylation sites (tertiary alicyclic amines) is 1.